The largest absolute Gasteiger partial charge is 0.374 e. The summed E-state index contributed by atoms with van der Waals surface area (Å²) in [7, 11) is 2.22. The van der Waals surface area contributed by atoms with Crippen molar-refractivity contribution in [2.75, 3.05) is 18.5 Å². The third-order valence-electron chi connectivity index (χ3n) is 3.90. The van der Waals surface area contributed by atoms with Gasteiger partial charge in [0, 0.05) is 31.9 Å². The fraction of sp³-hybridized carbons (Fsp3) is 0.647. The van der Waals surface area contributed by atoms with Crippen LogP contribution in [0, 0.1) is 6.92 Å². The minimum absolute atomic E-state index is 0.777. The van der Waals surface area contributed by atoms with E-state index in [0.717, 1.165) is 19.1 Å². The van der Waals surface area contributed by atoms with Crippen molar-refractivity contribution in [2.45, 2.75) is 58.5 Å². The van der Waals surface area contributed by atoms with E-state index in [9.17, 15) is 0 Å². The molecule has 0 atom stereocenters. The number of anilines is 1. The van der Waals surface area contributed by atoms with Gasteiger partial charge in [0.05, 0.1) is 0 Å². The van der Waals surface area contributed by atoms with Gasteiger partial charge in [-0.1, -0.05) is 37.5 Å². The molecule has 2 heteroatoms. The average Bonchev–Trinajstić information content (AvgIpc) is 3.20. The fourth-order valence-corrected chi connectivity index (χ4v) is 2.49. The molecule has 1 aliphatic carbocycles. The molecule has 0 aromatic heterocycles. The van der Waals surface area contributed by atoms with Crippen molar-refractivity contribution in [3.05, 3.63) is 29.3 Å². The normalized spacial score (nSPS) is 14.7. The minimum Gasteiger partial charge on any atom is -0.374 e. The molecule has 0 aliphatic heterocycles. The first-order chi connectivity index (χ1) is 9.20. The molecular formula is C17H28N2. The van der Waals surface area contributed by atoms with Gasteiger partial charge in [0.1, 0.15) is 0 Å². The van der Waals surface area contributed by atoms with Gasteiger partial charge >= 0.3 is 0 Å². The van der Waals surface area contributed by atoms with Gasteiger partial charge in [-0.05, 0) is 37.8 Å². The lowest BCUT2D eigenvalue weighted by molar-refractivity contribution is 0.677. The molecular weight excluding hydrogens is 232 g/mol. The molecule has 1 saturated carbocycles. The maximum Gasteiger partial charge on any atom is 0.0409 e. The summed E-state index contributed by atoms with van der Waals surface area (Å²) in [6, 6.07) is 7.62. The van der Waals surface area contributed by atoms with Crippen LogP contribution in [0.3, 0.4) is 0 Å². The van der Waals surface area contributed by atoms with E-state index >= 15 is 0 Å². The molecule has 1 fully saturated rings. The van der Waals surface area contributed by atoms with Crippen molar-refractivity contribution in [2.24, 2.45) is 0 Å². The van der Waals surface area contributed by atoms with Crippen molar-refractivity contribution >= 4 is 5.69 Å². The first-order valence-electron chi connectivity index (χ1n) is 7.74. The van der Waals surface area contributed by atoms with E-state index in [1.807, 2.05) is 0 Å². The van der Waals surface area contributed by atoms with Crippen LogP contribution in [0.1, 0.15) is 50.2 Å². The molecule has 0 unspecified atom stereocenters. The molecule has 1 aromatic carbocycles. The number of nitrogens with one attached hydrogen (secondary N) is 1. The molecule has 0 amide bonds. The second-order valence-corrected chi connectivity index (χ2v) is 5.92. The summed E-state index contributed by atoms with van der Waals surface area (Å²) in [6.45, 7) is 6.62. The highest BCUT2D eigenvalue weighted by atomic mass is 15.1. The maximum atomic E-state index is 3.64. The Morgan fingerprint density at radius 3 is 2.74 bits per heavy atom. The number of aryl methyl sites for hydroxylation is 1. The van der Waals surface area contributed by atoms with Crippen LogP contribution in [0.2, 0.25) is 0 Å². The van der Waals surface area contributed by atoms with E-state index in [-0.39, 0.29) is 0 Å². The predicted molar refractivity (Wildman–Crippen MR) is 83.8 cm³/mol. The van der Waals surface area contributed by atoms with Gasteiger partial charge < -0.3 is 10.2 Å². The third-order valence-corrected chi connectivity index (χ3v) is 3.90. The molecule has 106 valence electrons. The number of unbranched alkanes of at least 4 members (excludes halogenated alkanes) is 2. The van der Waals surface area contributed by atoms with Crippen LogP contribution in [0.25, 0.3) is 0 Å². The van der Waals surface area contributed by atoms with Crippen LogP contribution in [-0.4, -0.2) is 19.6 Å². The van der Waals surface area contributed by atoms with Gasteiger partial charge in [-0.25, -0.2) is 0 Å². The van der Waals surface area contributed by atoms with Crippen LogP contribution in [0.4, 0.5) is 5.69 Å². The van der Waals surface area contributed by atoms with Crippen LogP contribution >= 0.6 is 0 Å². The lowest BCUT2D eigenvalue weighted by Crippen LogP contribution is -2.23. The molecule has 0 bridgehead atoms. The monoisotopic (exact) mass is 260 g/mol. The summed E-state index contributed by atoms with van der Waals surface area (Å²) >= 11 is 0. The van der Waals surface area contributed by atoms with Crippen molar-refractivity contribution in [1.82, 2.24) is 5.32 Å². The first-order valence-corrected chi connectivity index (χ1v) is 7.74. The SMILES string of the molecule is CCCCCN(C)c1ccc(C)cc1CNC1CC1. The summed E-state index contributed by atoms with van der Waals surface area (Å²) in [5.41, 5.74) is 4.21. The zero-order valence-corrected chi connectivity index (χ0v) is 12.7. The second-order valence-electron chi connectivity index (χ2n) is 5.92. The smallest absolute Gasteiger partial charge is 0.0409 e. The Hall–Kier alpha value is -1.02. The van der Waals surface area contributed by atoms with Crippen molar-refractivity contribution in [3.63, 3.8) is 0 Å². The predicted octanol–water partition coefficient (Wildman–Crippen LogP) is 3.87. The zero-order chi connectivity index (χ0) is 13.7. The fourth-order valence-electron chi connectivity index (χ4n) is 2.49. The van der Waals surface area contributed by atoms with E-state index < -0.39 is 0 Å². The minimum atomic E-state index is 0.777. The zero-order valence-electron chi connectivity index (χ0n) is 12.7. The first kappa shape index (κ1) is 14.4. The summed E-state index contributed by atoms with van der Waals surface area (Å²) in [4.78, 5) is 2.42. The molecule has 0 radical (unpaired) electrons. The van der Waals surface area contributed by atoms with Crippen LogP contribution in [-0.2, 0) is 6.54 Å². The highest BCUT2D eigenvalue weighted by molar-refractivity contribution is 5.54. The highest BCUT2D eigenvalue weighted by Gasteiger charge is 2.20. The Morgan fingerprint density at radius 1 is 1.26 bits per heavy atom. The number of hydrogen-bond donors (Lipinski definition) is 1. The summed E-state index contributed by atoms with van der Waals surface area (Å²) < 4.78 is 0. The van der Waals surface area contributed by atoms with Gasteiger partial charge in [-0.15, -0.1) is 0 Å². The Kier molecular flexibility index (Phi) is 5.26. The molecule has 2 nitrogen and oxygen atoms in total. The van der Waals surface area contributed by atoms with Crippen molar-refractivity contribution in [1.29, 1.82) is 0 Å². The molecule has 2 rings (SSSR count). The number of hydrogen-bond acceptors (Lipinski definition) is 2. The Bertz CT molecular complexity index is 396. The molecule has 1 aliphatic rings. The van der Waals surface area contributed by atoms with E-state index in [1.165, 1.54) is 48.9 Å². The topological polar surface area (TPSA) is 15.3 Å². The van der Waals surface area contributed by atoms with E-state index in [1.54, 1.807) is 0 Å². The Morgan fingerprint density at radius 2 is 2.05 bits per heavy atom. The number of rotatable bonds is 8. The Balaban J connectivity index is 1.99. The van der Waals surface area contributed by atoms with Crippen molar-refractivity contribution in [3.8, 4) is 0 Å². The molecule has 0 saturated heterocycles. The van der Waals surface area contributed by atoms with E-state index in [2.05, 4.69) is 49.3 Å². The second kappa shape index (κ2) is 6.95. The lowest BCUT2D eigenvalue weighted by Gasteiger charge is -2.23. The van der Waals surface area contributed by atoms with Gasteiger partial charge in [-0.2, -0.15) is 0 Å². The van der Waals surface area contributed by atoms with Crippen LogP contribution in [0.15, 0.2) is 18.2 Å². The van der Waals surface area contributed by atoms with Gasteiger partial charge in [0.25, 0.3) is 0 Å². The lowest BCUT2D eigenvalue weighted by atomic mass is 10.1. The molecule has 19 heavy (non-hydrogen) atoms. The van der Waals surface area contributed by atoms with Crippen molar-refractivity contribution < 1.29 is 0 Å². The average molecular weight is 260 g/mol. The summed E-state index contributed by atoms with van der Waals surface area (Å²) in [6.07, 6.45) is 6.61. The summed E-state index contributed by atoms with van der Waals surface area (Å²) in [5, 5.41) is 3.64. The van der Waals surface area contributed by atoms with Gasteiger partial charge in [0.2, 0.25) is 0 Å². The van der Waals surface area contributed by atoms with Crippen LogP contribution in [0.5, 0.6) is 0 Å². The highest BCUT2D eigenvalue weighted by Crippen LogP contribution is 2.24. The standard InChI is InChI=1S/C17H28N2/c1-4-5-6-11-19(3)17-10-7-14(2)12-15(17)13-18-16-8-9-16/h7,10,12,16,18H,4-6,8-9,11,13H2,1-3H3. The Labute approximate surface area is 118 Å². The third kappa shape index (κ3) is 4.54. The van der Waals surface area contributed by atoms with Gasteiger partial charge in [-0.3, -0.25) is 0 Å². The molecule has 0 spiro atoms. The summed E-state index contributed by atoms with van der Waals surface area (Å²) in [5.74, 6) is 0. The molecule has 1 N–H and O–H groups in total. The van der Waals surface area contributed by atoms with Crippen LogP contribution < -0.4 is 10.2 Å². The van der Waals surface area contributed by atoms with E-state index in [0.29, 0.717) is 0 Å². The molecule has 0 heterocycles. The molecule has 1 aromatic rings. The number of benzene rings is 1. The van der Waals surface area contributed by atoms with Gasteiger partial charge in [0.15, 0.2) is 0 Å². The quantitative estimate of drug-likeness (QED) is 0.714. The number of nitrogens with zero attached hydrogens (tertiary/aromatic N) is 1. The maximum absolute atomic E-state index is 3.64. The van der Waals surface area contributed by atoms with E-state index in [4.69, 9.17) is 0 Å².